The molecule has 9 heteroatoms. The van der Waals surface area contributed by atoms with Gasteiger partial charge in [0.25, 0.3) is 12.3 Å². The number of piperidine rings is 1. The Morgan fingerprint density at radius 3 is 2.61 bits per heavy atom. The third-order valence-electron chi connectivity index (χ3n) is 4.50. The Bertz CT molecular complexity index is 792. The van der Waals surface area contributed by atoms with Crippen LogP contribution >= 0.6 is 11.3 Å². The van der Waals surface area contributed by atoms with Gasteiger partial charge in [0.1, 0.15) is 0 Å². The van der Waals surface area contributed by atoms with Gasteiger partial charge in [-0.25, -0.2) is 13.8 Å². The van der Waals surface area contributed by atoms with E-state index in [4.69, 9.17) is 0 Å². The average Bonchev–Trinajstić information content (AvgIpc) is 3.10. The van der Waals surface area contributed by atoms with E-state index in [2.05, 4.69) is 15.6 Å². The fourth-order valence-electron chi connectivity index (χ4n) is 3.10. The van der Waals surface area contributed by atoms with Crippen molar-refractivity contribution >= 4 is 28.3 Å². The van der Waals surface area contributed by atoms with Crippen LogP contribution in [0, 0.1) is 0 Å². The molecule has 1 aromatic heterocycles. The van der Waals surface area contributed by atoms with Gasteiger partial charge in [-0.2, -0.15) is 0 Å². The van der Waals surface area contributed by atoms with Crippen molar-refractivity contribution in [1.29, 1.82) is 0 Å². The molecule has 2 amide bonds. The molecule has 0 atom stereocenters. The Morgan fingerprint density at radius 1 is 1.21 bits per heavy atom. The number of carbonyl (C=O) groups is 2. The number of hydrogen-bond donors (Lipinski definition) is 2. The first-order valence-corrected chi connectivity index (χ1v) is 9.98. The molecule has 0 radical (unpaired) electrons. The van der Waals surface area contributed by atoms with E-state index in [1.165, 1.54) is 11.3 Å². The molecule has 1 aliphatic rings. The Hall–Kier alpha value is -2.39. The van der Waals surface area contributed by atoms with Gasteiger partial charge in [0.15, 0.2) is 5.13 Å². The van der Waals surface area contributed by atoms with Crippen LogP contribution in [0.25, 0.3) is 0 Å². The van der Waals surface area contributed by atoms with Gasteiger partial charge in [-0.15, -0.1) is 11.3 Å². The van der Waals surface area contributed by atoms with Crippen LogP contribution < -0.4 is 10.6 Å². The number of carbonyl (C=O) groups excluding carboxylic acids is 2. The second-order valence-corrected chi connectivity index (χ2v) is 7.53. The fraction of sp³-hybridized carbons (Fsp3) is 0.421. The number of aromatic nitrogens is 1. The zero-order valence-corrected chi connectivity index (χ0v) is 16.1. The minimum absolute atomic E-state index is 0.00249. The first-order valence-electron chi connectivity index (χ1n) is 9.10. The van der Waals surface area contributed by atoms with Crippen molar-refractivity contribution in [1.82, 2.24) is 15.2 Å². The second kappa shape index (κ2) is 9.70. The molecular weight excluding hydrogens is 386 g/mol. The summed E-state index contributed by atoms with van der Waals surface area (Å²) in [4.78, 5) is 30.4. The lowest BCUT2D eigenvalue weighted by Crippen LogP contribution is -2.46. The van der Waals surface area contributed by atoms with E-state index in [0.29, 0.717) is 42.3 Å². The van der Waals surface area contributed by atoms with E-state index >= 15 is 0 Å². The lowest BCUT2D eigenvalue weighted by atomic mass is 10.0. The summed E-state index contributed by atoms with van der Waals surface area (Å²) in [5.74, 6) is -0.403. The molecule has 1 fully saturated rings. The van der Waals surface area contributed by atoms with E-state index < -0.39 is 6.43 Å². The molecule has 0 saturated carbocycles. The van der Waals surface area contributed by atoms with E-state index in [9.17, 15) is 18.4 Å². The van der Waals surface area contributed by atoms with E-state index in [-0.39, 0.29) is 30.8 Å². The lowest BCUT2D eigenvalue weighted by molar-refractivity contribution is -0.121. The number of alkyl halides is 2. The first kappa shape index (κ1) is 20.3. The van der Waals surface area contributed by atoms with Gasteiger partial charge in [-0.05, 0) is 25.0 Å². The van der Waals surface area contributed by atoms with Gasteiger partial charge in [-0.3, -0.25) is 19.8 Å². The summed E-state index contributed by atoms with van der Waals surface area (Å²) in [6, 6.07) is 8.82. The van der Waals surface area contributed by atoms with Crippen LogP contribution in [0.1, 0.15) is 28.9 Å². The van der Waals surface area contributed by atoms with Crippen LogP contribution in [0.5, 0.6) is 0 Å². The predicted octanol–water partition coefficient (Wildman–Crippen LogP) is 2.78. The van der Waals surface area contributed by atoms with Crippen molar-refractivity contribution in [2.45, 2.75) is 31.7 Å². The molecule has 2 aromatic rings. The molecule has 0 bridgehead atoms. The smallest absolute Gasteiger partial charge is 0.257 e. The van der Waals surface area contributed by atoms with Crippen molar-refractivity contribution in [3.05, 3.63) is 47.0 Å². The van der Waals surface area contributed by atoms with Gasteiger partial charge in [0.05, 0.1) is 18.7 Å². The summed E-state index contributed by atoms with van der Waals surface area (Å²) < 4.78 is 24.8. The maximum absolute atomic E-state index is 12.4. The number of nitrogens with one attached hydrogen (secondary N) is 2. The summed E-state index contributed by atoms with van der Waals surface area (Å²) in [7, 11) is 0. The monoisotopic (exact) mass is 408 g/mol. The summed E-state index contributed by atoms with van der Waals surface area (Å²) in [5, 5.41) is 7.85. The van der Waals surface area contributed by atoms with Crippen molar-refractivity contribution in [3.8, 4) is 0 Å². The highest BCUT2D eigenvalue weighted by molar-refractivity contribution is 7.14. The number of amides is 2. The van der Waals surface area contributed by atoms with Gasteiger partial charge in [0.2, 0.25) is 5.91 Å². The minimum Gasteiger partial charge on any atom is -0.353 e. The Labute approximate surface area is 166 Å². The number of nitrogens with zero attached hydrogens (tertiary/aromatic N) is 2. The molecule has 28 heavy (non-hydrogen) atoms. The number of hydrogen-bond acceptors (Lipinski definition) is 5. The molecular formula is C19H22F2N4O2S. The number of anilines is 1. The molecule has 2 heterocycles. The van der Waals surface area contributed by atoms with Gasteiger partial charge < -0.3 is 5.32 Å². The van der Waals surface area contributed by atoms with Crippen LogP contribution in [0.2, 0.25) is 0 Å². The third kappa shape index (κ3) is 6.07. The molecule has 1 saturated heterocycles. The molecule has 1 aromatic carbocycles. The lowest BCUT2D eigenvalue weighted by Gasteiger charge is -2.31. The number of thiazole rings is 1. The highest BCUT2D eigenvalue weighted by Gasteiger charge is 2.22. The van der Waals surface area contributed by atoms with Crippen LogP contribution in [0.3, 0.4) is 0 Å². The predicted molar refractivity (Wildman–Crippen MR) is 104 cm³/mol. The average molecular weight is 408 g/mol. The summed E-state index contributed by atoms with van der Waals surface area (Å²) >= 11 is 1.27. The maximum Gasteiger partial charge on any atom is 0.257 e. The molecule has 150 valence electrons. The maximum atomic E-state index is 12.4. The molecule has 0 unspecified atom stereocenters. The number of rotatable bonds is 7. The second-order valence-electron chi connectivity index (χ2n) is 6.67. The highest BCUT2D eigenvalue weighted by atomic mass is 32.1. The highest BCUT2D eigenvalue weighted by Crippen LogP contribution is 2.17. The van der Waals surface area contributed by atoms with Crippen LogP contribution in [-0.4, -0.2) is 53.8 Å². The summed E-state index contributed by atoms with van der Waals surface area (Å²) in [5.41, 5.74) is 1.12. The van der Waals surface area contributed by atoms with E-state index in [1.54, 1.807) is 34.5 Å². The normalized spacial score (nSPS) is 15.5. The van der Waals surface area contributed by atoms with Crippen molar-refractivity contribution in [2.24, 2.45) is 0 Å². The third-order valence-corrected chi connectivity index (χ3v) is 5.31. The number of halogens is 2. The molecule has 6 nitrogen and oxygen atoms in total. The standard InChI is InChI=1S/C19H22F2N4O2S/c20-16(21)11-25-8-6-14(7-9-25)22-17(26)10-15-12-28-19(23-15)24-18(27)13-4-2-1-3-5-13/h1-5,12,14,16H,6-11H2,(H,22,26)(H,23,24,27). The zero-order chi connectivity index (χ0) is 19.9. The van der Waals surface area contributed by atoms with Gasteiger partial charge in [-0.1, -0.05) is 18.2 Å². The van der Waals surface area contributed by atoms with Crippen molar-refractivity contribution in [2.75, 3.05) is 25.0 Å². The SMILES string of the molecule is O=C(Cc1csc(NC(=O)c2ccccc2)n1)NC1CCN(CC(F)F)CC1. The molecule has 1 aliphatic heterocycles. The largest absolute Gasteiger partial charge is 0.353 e. The number of benzene rings is 1. The van der Waals surface area contributed by atoms with Crippen molar-refractivity contribution < 1.29 is 18.4 Å². The summed E-state index contributed by atoms with van der Waals surface area (Å²) in [6.45, 7) is 0.903. The Balaban J connectivity index is 1.43. The molecule has 3 rings (SSSR count). The summed E-state index contributed by atoms with van der Waals surface area (Å²) in [6.07, 6.45) is -0.885. The van der Waals surface area contributed by atoms with Crippen LogP contribution in [-0.2, 0) is 11.2 Å². The Morgan fingerprint density at radius 2 is 1.93 bits per heavy atom. The van der Waals surface area contributed by atoms with E-state index in [0.717, 1.165) is 0 Å². The topological polar surface area (TPSA) is 74.3 Å². The van der Waals surface area contributed by atoms with Gasteiger partial charge >= 0.3 is 0 Å². The zero-order valence-electron chi connectivity index (χ0n) is 15.2. The van der Waals surface area contributed by atoms with Crippen molar-refractivity contribution in [3.63, 3.8) is 0 Å². The first-order chi connectivity index (χ1) is 13.5. The molecule has 2 N–H and O–H groups in total. The molecule has 0 spiro atoms. The van der Waals surface area contributed by atoms with E-state index in [1.807, 2.05) is 6.07 Å². The van der Waals surface area contributed by atoms with Gasteiger partial charge in [0, 0.05) is 30.1 Å². The fourth-order valence-corrected chi connectivity index (χ4v) is 3.81. The quantitative estimate of drug-likeness (QED) is 0.739. The Kier molecular flexibility index (Phi) is 7.05. The minimum atomic E-state index is -2.33. The van der Waals surface area contributed by atoms with Crippen LogP contribution in [0.4, 0.5) is 13.9 Å². The number of likely N-dealkylation sites (tertiary alicyclic amines) is 1. The molecule has 0 aliphatic carbocycles. The van der Waals surface area contributed by atoms with Crippen LogP contribution in [0.15, 0.2) is 35.7 Å².